The van der Waals surface area contributed by atoms with Crippen molar-refractivity contribution in [2.24, 2.45) is 0 Å². The Labute approximate surface area is 162 Å². The summed E-state index contributed by atoms with van der Waals surface area (Å²) >= 11 is 1.05. The highest BCUT2D eigenvalue weighted by molar-refractivity contribution is 8.03. The van der Waals surface area contributed by atoms with Crippen molar-refractivity contribution < 1.29 is 19.1 Å². The molecule has 0 fully saturated rings. The molecule has 0 unspecified atom stereocenters. The standard InChI is InChI=1S/C20H20N2O4S/c1-3-15-4-6-16(7-5-15)25-12-20(24)26-11-19(23)22-18-9-8-17(27-13-21)10-14(18)2/h4-10H,3,11-12H2,1-2H3,(H,22,23). The Morgan fingerprint density at radius 1 is 1.15 bits per heavy atom. The number of carbonyl (C=O) groups excluding carboxylic acids is 2. The zero-order valence-corrected chi connectivity index (χ0v) is 16.0. The Hall–Kier alpha value is -2.98. The van der Waals surface area contributed by atoms with Crippen molar-refractivity contribution in [1.82, 2.24) is 0 Å². The van der Waals surface area contributed by atoms with Crippen LogP contribution in [-0.4, -0.2) is 25.1 Å². The fraction of sp³-hybridized carbons (Fsp3) is 0.250. The van der Waals surface area contributed by atoms with E-state index in [1.807, 2.05) is 24.5 Å². The van der Waals surface area contributed by atoms with E-state index in [0.29, 0.717) is 11.4 Å². The van der Waals surface area contributed by atoms with Gasteiger partial charge in [-0.15, -0.1) is 0 Å². The largest absolute Gasteiger partial charge is 0.482 e. The van der Waals surface area contributed by atoms with Gasteiger partial charge in [-0.2, -0.15) is 5.26 Å². The van der Waals surface area contributed by atoms with Gasteiger partial charge in [-0.25, -0.2) is 4.79 Å². The van der Waals surface area contributed by atoms with Crippen LogP contribution in [0.1, 0.15) is 18.1 Å². The van der Waals surface area contributed by atoms with Gasteiger partial charge in [-0.3, -0.25) is 4.79 Å². The topological polar surface area (TPSA) is 88.4 Å². The zero-order chi connectivity index (χ0) is 19.6. The predicted molar refractivity (Wildman–Crippen MR) is 104 cm³/mol. The van der Waals surface area contributed by atoms with Gasteiger partial charge >= 0.3 is 5.97 Å². The molecule has 2 rings (SSSR count). The van der Waals surface area contributed by atoms with Crippen molar-refractivity contribution in [2.45, 2.75) is 25.2 Å². The van der Waals surface area contributed by atoms with Gasteiger partial charge in [0.25, 0.3) is 5.91 Å². The van der Waals surface area contributed by atoms with Gasteiger partial charge in [0, 0.05) is 10.6 Å². The number of rotatable bonds is 8. The van der Waals surface area contributed by atoms with Crippen molar-refractivity contribution >= 4 is 29.3 Å². The summed E-state index contributed by atoms with van der Waals surface area (Å²) in [4.78, 5) is 24.5. The Morgan fingerprint density at radius 2 is 1.89 bits per heavy atom. The zero-order valence-electron chi connectivity index (χ0n) is 15.2. The molecule has 0 spiro atoms. The molecule has 0 saturated carbocycles. The first kappa shape index (κ1) is 20.3. The third-order valence-electron chi connectivity index (χ3n) is 3.69. The fourth-order valence-electron chi connectivity index (χ4n) is 2.23. The molecule has 7 heteroatoms. The normalized spacial score (nSPS) is 9.96. The molecule has 0 aliphatic carbocycles. The van der Waals surface area contributed by atoms with E-state index in [2.05, 4.69) is 12.2 Å². The number of benzene rings is 2. The maximum absolute atomic E-state index is 11.9. The first-order valence-corrected chi connectivity index (χ1v) is 9.17. The minimum atomic E-state index is -0.623. The van der Waals surface area contributed by atoms with E-state index in [1.165, 1.54) is 5.56 Å². The number of esters is 1. The highest BCUT2D eigenvalue weighted by atomic mass is 32.2. The van der Waals surface area contributed by atoms with Crippen LogP contribution in [0, 0.1) is 17.6 Å². The van der Waals surface area contributed by atoms with Crippen LogP contribution in [0.4, 0.5) is 5.69 Å². The lowest BCUT2D eigenvalue weighted by Gasteiger charge is -2.10. The number of amides is 1. The summed E-state index contributed by atoms with van der Waals surface area (Å²) in [5, 5.41) is 13.3. The summed E-state index contributed by atoms with van der Waals surface area (Å²) < 4.78 is 10.3. The van der Waals surface area contributed by atoms with Crippen LogP contribution < -0.4 is 10.1 Å². The number of ether oxygens (including phenoxy) is 2. The number of nitrogens with one attached hydrogen (secondary N) is 1. The lowest BCUT2D eigenvalue weighted by Crippen LogP contribution is -2.24. The van der Waals surface area contributed by atoms with E-state index < -0.39 is 18.5 Å². The lowest BCUT2D eigenvalue weighted by molar-refractivity contribution is -0.149. The molecule has 0 aromatic heterocycles. The third-order valence-corrected chi connectivity index (χ3v) is 4.27. The summed E-state index contributed by atoms with van der Waals surface area (Å²) in [6, 6.07) is 12.7. The van der Waals surface area contributed by atoms with Gasteiger partial charge in [0.2, 0.25) is 0 Å². The Kier molecular flexibility index (Phi) is 7.71. The molecule has 0 atom stereocenters. The number of anilines is 1. The third kappa shape index (κ3) is 6.68. The second-order valence-corrected chi connectivity index (χ2v) is 6.52. The van der Waals surface area contributed by atoms with Crippen LogP contribution in [0.2, 0.25) is 0 Å². The molecule has 27 heavy (non-hydrogen) atoms. The monoisotopic (exact) mass is 384 g/mol. The van der Waals surface area contributed by atoms with Crippen LogP contribution >= 0.6 is 11.8 Å². The van der Waals surface area contributed by atoms with Gasteiger partial charge in [0.05, 0.1) is 0 Å². The minimum absolute atomic E-state index is 0.266. The Morgan fingerprint density at radius 3 is 2.52 bits per heavy atom. The first-order valence-electron chi connectivity index (χ1n) is 8.35. The summed E-state index contributed by atoms with van der Waals surface area (Å²) in [7, 11) is 0. The van der Waals surface area contributed by atoms with Crippen molar-refractivity contribution in [3.63, 3.8) is 0 Å². The molecular formula is C20H20N2O4S. The average Bonchev–Trinajstić information content (AvgIpc) is 2.67. The maximum atomic E-state index is 11.9. The smallest absolute Gasteiger partial charge is 0.344 e. The summed E-state index contributed by atoms with van der Waals surface area (Å²) in [6.07, 6.45) is 0.927. The van der Waals surface area contributed by atoms with Crippen molar-refractivity contribution in [3.05, 3.63) is 53.6 Å². The molecule has 2 aromatic carbocycles. The molecular weight excluding hydrogens is 364 g/mol. The number of nitrogens with zero attached hydrogens (tertiary/aromatic N) is 1. The van der Waals surface area contributed by atoms with Crippen molar-refractivity contribution in [1.29, 1.82) is 5.26 Å². The Bertz CT molecular complexity index is 844. The molecule has 2 aromatic rings. The molecule has 6 nitrogen and oxygen atoms in total. The molecule has 140 valence electrons. The van der Waals surface area contributed by atoms with E-state index in [4.69, 9.17) is 14.7 Å². The molecule has 0 aliphatic heterocycles. The van der Waals surface area contributed by atoms with Crippen molar-refractivity contribution in [3.8, 4) is 11.2 Å². The molecule has 0 heterocycles. The van der Waals surface area contributed by atoms with Gasteiger partial charge in [-0.1, -0.05) is 19.1 Å². The van der Waals surface area contributed by atoms with Crippen LogP contribution in [0.3, 0.4) is 0 Å². The number of hydrogen-bond acceptors (Lipinski definition) is 6. The van der Waals surface area contributed by atoms with Gasteiger partial charge in [-0.05, 0) is 66.6 Å². The Balaban J connectivity index is 1.76. The number of aryl methyl sites for hydroxylation is 2. The van der Waals surface area contributed by atoms with Gasteiger partial charge in [0.15, 0.2) is 13.2 Å². The summed E-state index contributed by atoms with van der Waals surface area (Å²) in [5.74, 6) is -0.499. The summed E-state index contributed by atoms with van der Waals surface area (Å²) in [6.45, 7) is 3.21. The van der Waals surface area contributed by atoms with Crippen molar-refractivity contribution in [2.75, 3.05) is 18.5 Å². The number of nitriles is 1. The van der Waals surface area contributed by atoms with E-state index in [9.17, 15) is 9.59 Å². The first-order chi connectivity index (χ1) is 13.0. The van der Waals surface area contributed by atoms with Gasteiger partial charge < -0.3 is 14.8 Å². The predicted octanol–water partition coefficient (Wildman–Crippen LogP) is 3.69. The second-order valence-electron chi connectivity index (χ2n) is 5.67. The SMILES string of the molecule is CCc1ccc(OCC(=O)OCC(=O)Nc2ccc(SC#N)cc2C)cc1. The minimum Gasteiger partial charge on any atom is -0.482 e. The summed E-state index contributed by atoms with van der Waals surface area (Å²) in [5.41, 5.74) is 2.59. The van der Waals surface area contributed by atoms with Crippen LogP contribution in [0.25, 0.3) is 0 Å². The van der Waals surface area contributed by atoms with E-state index in [1.54, 1.807) is 30.3 Å². The van der Waals surface area contributed by atoms with E-state index in [-0.39, 0.29) is 6.61 Å². The van der Waals surface area contributed by atoms with E-state index in [0.717, 1.165) is 28.6 Å². The highest BCUT2D eigenvalue weighted by Gasteiger charge is 2.10. The molecule has 1 amide bonds. The average molecular weight is 384 g/mol. The van der Waals surface area contributed by atoms with Crippen LogP contribution in [0.5, 0.6) is 5.75 Å². The fourth-order valence-corrected chi connectivity index (χ4v) is 2.71. The molecule has 0 radical (unpaired) electrons. The number of thiocyanates is 1. The number of carbonyl (C=O) groups is 2. The quantitative estimate of drug-likeness (QED) is 0.424. The van der Waals surface area contributed by atoms with Crippen LogP contribution in [-0.2, 0) is 20.7 Å². The maximum Gasteiger partial charge on any atom is 0.344 e. The van der Waals surface area contributed by atoms with Crippen LogP contribution in [0.15, 0.2) is 47.4 Å². The molecule has 0 bridgehead atoms. The van der Waals surface area contributed by atoms with E-state index >= 15 is 0 Å². The highest BCUT2D eigenvalue weighted by Crippen LogP contribution is 2.23. The second kappa shape index (κ2) is 10.2. The molecule has 1 N–H and O–H groups in total. The number of hydrogen-bond donors (Lipinski definition) is 1. The number of thioether (sulfide) groups is 1. The lowest BCUT2D eigenvalue weighted by atomic mass is 10.2. The molecule has 0 saturated heterocycles. The van der Waals surface area contributed by atoms with Gasteiger partial charge in [0.1, 0.15) is 11.2 Å². The molecule has 0 aliphatic rings.